The van der Waals surface area contributed by atoms with E-state index in [1.165, 1.54) is 6.07 Å². The van der Waals surface area contributed by atoms with E-state index in [4.69, 9.17) is 0 Å². The molecule has 1 heterocycles. The van der Waals surface area contributed by atoms with Crippen molar-refractivity contribution in [1.29, 1.82) is 0 Å². The van der Waals surface area contributed by atoms with Gasteiger partial charge < -0.3 is 4.98 Å². The minimum Gasteiger partial charge on any atom is -0.342 e. The Morgan fingerprint density at radius 1 is 1.38 bits per heavy atom. The molecule has 1 aromatic heterocycles. The van der Waals surface area contributed by atoms with Gasteiger partial charge in [0, 0.05) is 6.42 Å². The van der Waals surface area contributed by atoms with E-state index in [2.05, 4.69) is 25.9 Å². The Hall–Kier alpha value is -1.04. The highest BCUT2D eigenvalue weighted by atomic mass is 79.9. The third kappa shape index (κ3) is 1.81. The standard InChI is InChI=1S/C10H8BrF3N2/c1-2-7-15-6-4-3-5(10(12,13)14)8(11)9(6)16-7/h3-4H,2H2,1H3,(H,15,16). The molecule has 6 heteroatoms. The van der Waals surface area contributed by atoms with Crippen LogP contribution >= 0.6 is 15.9 Å². The fraction of sp³-hybridized carbons (Fsp3) is 0.300. The molecule has 0 saturated heterocycles. The average molecular weight is 293 g/mol. The van der Waals surface area contributed by atoms with Crippen molar-refractivity contribution in [3.8, 4) is 0 Å². The number of alkyl halides is 3. The molecule has 0 saturated carbocycles. The summed E-state index contributed by atoms with van der Waals surface area (Å²) in [6, 6.07) is 2.44. The van der Waals surface area contributed by atoms with Crippen LogP contribution in [0.3, 0.4) is 0 Å². The van der Waals surface area contributed by atoms with Gasteiger partial charge >= 0.3 is 6.18 Å². The molecule has 86 valence electrons. The average Bonchev–Trinajstić information content (AvgIpc) is 2.60. The fourth-order valence-electron chi connectivity index (χ4n) is 1.48. The van der Waals surface area contributed by atoms with Crippen molar-refractivity contribution in [3.05, 3.63) is 28.0 Å². The molecule has 2 rings (SSSR count). The molecule has 2 nitrogen and oxygen atoms in total. The van der Waals surface area contributed by atoms with Gasteiger partial charge in [-0.05, 0) is 28.1 Å². The van der Waals surface area contributed by atoms with Gasteiger partial charge in [-0.2, -0.15) is 13.2 Å². The monoisotopic (exact) mass is 292 g/mol. The summed E-state index contributed by atoms with van der Waals surface area (Å²) in [5.74, 6) is 0.676. The minimum atomic E-state index is -4.36. The smallest absolute Gasteiger partial charge is 0.342 e. The number of H-pyrrole nitrogens is 1. The number of nitrogens with zero attached hydrogens (tertiary/aromatic N) is 1. The zero-order chi connectivity index (χ0) is 11.9. The van der Waals surface area contributed by atoms with Crippen molar-refractivity contribution in [2.75, 3.05) is 0 Å². The van der Waals surface area contributed by atoms with Gasteiger partial charge in [0.1, 0.15) is 11.3 Å². The lowest BCUT2D eigenvalue weighted by molar-refractivity contribution is -0.138. The van der Waals surface area contributed by atoms with Crippen LogP contribution in [0.2, 0.25) is 0 Å². The topological polar surface area (TPSA) is 28.7 Å². The predicted molar refractivity (Wildman–Crippen MR) is 58.2 cm³/mol. The number of hydrogen-bond donors (Lipinski definition) is 1. The van der Waals surface area contributed by atoms with Crippen LogP contribution in [0.5, 0.6) is 0 Å². The largest absolute Gasteiger partial charge is 0.417 e. The number of hydrogen-bond acceptors (Lipinski definition) is 1. The molecule has 0 aliphatic rings. The minimum absolute atomic E-state index is 0.00606. The number of aromatic amines is 1. The van der Waals surface area contributed by atoms with Crippen LogP contribution in [-0.2, 0) is 12.6 Å². The van der Waals surface area contributed by atoms with Gasteiger partial charge in [-0.25, -0.2) is 4.98 Å². The second-order valence-corrected chi connectivity index (χ2v) is 4.15. The van der Waals surface area contributed by atoms with Gasteiger partial charge in [0.2, 0.25) is 0 Å². The summed E-state index contributed by atoms with van der Waals surface area (Å²) >= 11 is 2.96. The molecule has 0 aliphatic carbocycles. The molecular weight excluding hydrogens is 285 g/mol. The molecule has 2 aromatic rings. The Labute approximate surface area is 98.0 Å². The van der Waals surface area contributed by atoms with Crippen LogP contribution in [0.25, 0.3) is 11.0 Å². The van der Waals surface area contributed by atoms with Crippen LogP contribution in [0.4, 0.5) is 13.2 Å². The van der Waals surface area contributed by atoms with Crippen molar-refractivity contribution in [1.82, 2.24) is 9.97 Å². The fourth-order valence-corrected chi connectivity index (χ4v) is 2.14. The lowest BCUT2D eigenvalue weighted by atomic mass is 10.2. The van der Waals surface area contributed by atoms with Crippen LogP contribution in [0, 0.1) is 0 Å². The Balaban J connectivity index is 2.69. The van der Waals surface area contributed by atoms with Gasteiger partial charge in [-0.3, -0.25) is 0 Å². The molecule has 1 aromatic carbocycles. The summed E-state index contributed by atoms with van der Waals surface area (Å²) in [6.07, 6.45) is -3.71. The van der Waals surface area contributed by atoms with Crippen molar-refractivity contribution in [2.24, 2.45) is 0 Å². The van der Waals surface area contributed by atoms with Crippen molar-refractivity contribution in [3.63, 3.8) is 0 Å². The van der Waals surface area contributed by atoms with Crippen LogP contribution in [0.1, 0.15) is 18.3 Å². The Morgan fingerprint density at radius 3 is 2.62 bits per heavy atom. The molecular formula is C10H8BrF3N2. The normalized spacial score (nSPS) is 12.3. The first-order valence-corrected chi connectivity index (χ1v) is 5.47. The zero-order valence-electron chi connectivity index (χ0n) is 8.32. The Kier molecular flexibility index (Phi) is 2.69. The Bertz CT molecular complexity index is 531. The first-order chi connectivity index (χ1) is 7.43. The highest BCUT2D eigenvalue weighted by Crippen LogP contribution is 2.37. The molecule has 0 atom stereocenters. The molecule has 1 N–H and O–H groups in total. The zero-order valence-corrected chi connectivity index (χ0v) is 9.91. The van der Waals surface area contributed by atoms with E-state index in [0.29, 0.717) is 23.3 Å². The number of nitrogens with one attached hydrogen (secondary N) is 1. The van der Waals surface area contributed by atoms with E-state index >= 15 is 0 Å². The van der Waals surface area contributed by atoms with Crippen molar-refractivity contribution >= 4 is 27.0 Å². The number of aromatic nitrogens is 2. The molecule has 0 fully saturated rings. The van der Waals surface area contributed by atoms with Crippen LogP contribution < -0.4 is 0 Å². The SMILES string of the molecule is CCc1nc2c(Br)c(C(F)(F)F)ccc2[nH]1. The van der Waals surface area contributed by atoms with E-state index in [9.17, 15) is 13.2 Å². The number of imidazole rings is 1. The van der Waals surface area contributed by atoms with Gasteiger partial charge in [-0.15, -0.1) is 0 Å². The maximum Gasteiger partial charge on any atom is 0.417 e. The third-order valence-corrected chi connectivity index (χ3v) is 3.08. The van der Waals surface area contributed by atoms with E-state index in [1.807, 2.05) is 6.92 Å². The number of fused-ring (bicyclic) bond motifs is 1. The number of aryl methyl sites for hydroxylation is 1. The summed E-state index contributed by atoms with van der Waals surface area (Å²) in [5.41, 5.74) is 0.234. The molecule has 0 aliphatic heterocycles. The van der Waals surface area contributed by atoms with E-state index in [-0.39, 0.29) is 4.47 Å². The van der Waals surface area contributed by atoms with E-state index < -0.39 is 11.7 Å². The number of benzene rings is 1. The van der Waals surface area contributed by atoms with Gasteiger partial charge in [-0.1, -0.05) is 6.92 Å². The first-order valence-electron chi connectivity index (χ1n) is 4.67. The summed E-state index contributed by atoms with van der Waals surface area (Å²) in [6.45, 7) is 1.89. The number of rotatable bonds is 1. The van der Waals surface area contributed by atoms with Crippen molar-refractivity contribution in [2.45, 2.75) is 19.5 Å². The first kappa shape index (κ1) is 11.4. The van der Waals surface area contributed by atoms with Crippen LogP contribution in [0.15, 0.2) is 16.6 Å². The molecule has 0 spiro atoms. The van der Waals surface area contributed by atoms with Gasteiger partial charge in [0.05, 0.1) is 15.6 Å². The molecule has 0 amide bonds. The van der Waals surface area contributed by atoms with Gasteiger partial charge in [0.25, 0.3) is 0 Å². The Morgan fingerprint density at radius 2 is 2.06 bits per heavy atom. The highest BCUT2D eigenvalue weighted by molar-refractivity contribution is 9.10. The van der Waals surface area contributed by atoms with Gasteiger partial charge in [0.15, 0.2) is 0 Å². The quantitative estimate of drug-likeness (QED) is 0.848. The lowest BCUT2D eigenvalue weighted by Gasteiger charge is -2.08. The highest BCUT2D eigenvalue weighted by Gasteiger charge is 2.34. The van der Waals surface area contributed by atoms with E-state index in [1.54, 1.807) is 0 Å². The number of halogens is 4. The third-order valence-electron chi connectivity index (χ3n) is 2.28. The van der Waals surface area contributed by atoms with Crippen molar-refractivity contribution < 1.29 is 13.2 Å². The molecule has 16 heavy (non-hydrogen) atoms. The lowest BCUT2D eigenvalue weighted by Crippen LogP contribution is -2.05. The maximum atomic E-state index is 12.6. The maximum absolute atomic E-state index is 12.6. The summed E-state index contributed by atoms with van der Waals surface area (Å²) in [7, 11) is 0. The van der Waals surface area contributed by atoms with Crippen LogP contribution in [-0.4, -0.2) is 9.97 Å². The molecule has 0 radical (unpaired) electrons. The molecule has 0 bridgehead atoms. The second-order valence-electron chi connectivity index (χ2n) is 3.36. The second kappa shape index (κ2) is 3.76. The van der Waals surface area contributed by atoms with E-state index in [0.717, 1.165) is 6.07 Å². The predicted octanol–water partition coefficient (Wildman–Crippen LogP) is 3.91. The summed E-state index contributed by atoms with van der Waals surface area (Å²) < 4.78 is 37.8. The summed E-state index contributed by atoms with van der Waals surface area (Å²) in [5, 5.41) is 0. The summed E-state index contributed by atoms with van der Waals surface area (Å²) in [4.78, 5) is 7.06. The molecule has 0 unspecified atom stereocenters.